The zero-order valence-electron chi connectivity index (χ0n) is 11.6. The molecule has 0 amide bonds. The Balaban J connectivity index is 1.97. The Bertz CT molecular complexity index is 746. The number of nitrogen functional groups attached to an aromatic ring is 1. The summed E-state index contributed by atoms with van der Waals surface area (Å²) in [5.41, 5.74) is 9.35. The van der Waals surface area contributed by atoms with E-state index >= 15 is 0 Å². The standard InChI is InChI=1S/C16H17N3O/c1-10(2)12-5-3-4-6-15(12)20-16-18-13-8-7-11(17)9-14(13)19-16/h3-10H,17H2,1-2H3,(H,18,19). The van der Waals surface area contributed by atoms with Gasteiger partial charge in [0.1, 0.15) is 5.75 Å². The first kappa shape index (κ1) is 12.5. The van der Waals surface area contributed by atoms with Crippen molar-refractivity contribution in [2.45, 2.75) is 19.8 Å². The van der Waals surface area contributed by atoms with E-state index in [0.29, 0.717) is 17.6 Å². The average Bonchev–Trinajstić information content (AvgIpc) is 2.80. The molecule has 3 rings (SSSR count). The zero-order chi connectivity index (χ0) is 14.1. The summed E-state index contributed by atoms with van der Waals surface area (Å²) in [4.78, 5) is 7.55. The number of H-pyrrole nitrogens is 1. The Morgan fingerprint density at radius 1 is 1.15 bits per heavy atom. The number of anilines is 1. The van der Waals surface area contributed by atoms with Crippen LogP contribution in [0.5, 0.6) is 11.8 Å². The molecule has 0 saturated heterocycles. The molecule has 0 bridgehead atoms. The lowest BCUT2D eigenvalue weighted by Crippen LogP contribution is -1.94. The van der Waals surface area contributed by atoms with Crippen molar-refractivity contribution in [2.75, 3.05) is 5.73 Å². The van der Waals surface area contributed by atoms with Gasteiger partial charge >= 0.3 is 0 Å². The summed E-state index contributed by atoms with van der Waals surface area (Å²) in [6, 6.07) is 14.0. The lowest BCUT2D eigenvalue weighted by molar-refractivity contribution is 0.441. The molecule has 1 aromatic heterocycles. The Morgan fingerprint density at radius 3 is 2.75 bits per heavy atom. The Labute approximate surface area is 117 Å². The van der Waals surface area contributed by atoms with Gasteiger partial charge in [-0.1, -0.05) is 32.0 Å². The fraction of sp³-hybridized carbons (Fsp3) is 0.188. The van der Waals surface area contributed by atoms with Crippen LogP contribution in [0.25, 0.3) is 11.0 Å². The second-order valence-electron chi connectivity index (χ2n) is 5.11. The van der Waals surface area contributed by atoms with Gasteiger partial charge in [0.05, 0.1) is 11.0 Å². The third kappa shape index (κ3) is 2.32. The molecular weight excluding hydrogens is 250 g/mol. The molecule has 0 atom stereocenters. The van der Waals surface area contributed by atoms with Crippen LogP contribution in [0.4, 0.5) is 5.69 Å². The number of aromatic amines is 1. The molecule has 3 N–H and O–H groups in total. The van der Waals surface area contributed by atoms with Crippen LogP contribution >= 0.6 is 0 Å². The minimum atomic E-state index is 0.395. The lowest BCUT2D eigenvalue weighted by Gasteiger charge is -2.11. The molecule has 20 heavy (non-hydrogen) atoms. The number of nitrogens with zero attached hydrogens (tertiary/aromatic N) is 1. The summed E-state index contributed by atoms with van der Waals surface area (Å²) < 4.78 is 5.89. The van der Waals surface area contributed by atoms with Crippen molar-refractivity contribution < 1.29 is 4.74 Å². The minimum absolute atomic E-state index is 0.395. The van der Waals surface area contributed by atoms with Crippen molar-refractivity contribution in [3.05, 3.63) is 48.0 Å². The number of nitrogens with one attached hydrogen (secondary N) is 1. The van der Waals surface area contributed by atoms with E-state index in [1.54, 1.807) is 0 Å². The van der Waals surface area contributed by atoms with Gasteiger partial charge in [0.25, 0.3) is 6.01 Å². The first-order valence-electron chi connectivity index (χ1n) is 6.65. The van der Waals surface area contributed by atoms with Gasteiger partial charge in [-0.3, -0.25) is 0 Å². The van der Waals surface area contributed by atoms with Crippen LogP contribution in [0.1, 0.15) is 25.3 Å². The van der Waals surface area contributed by atoms with Gasteiger partial charge in [-0.25, -0.2) is 0 Å². The van der Waals surface area contributed by atoms with Crippen molar-refractivity contribution in [2.24, 2.45) is 0 Å². The van der Waals surface area contributed by atoms with Crippen molar-refractivity contribution in [1.82, 2.24) is 9.97 Å². The number of aromatic nitrogens is 2. The molecule has 0 aliphatic rings. The van der Waals surface area contributed by atoms with Crippen LogP contribution < -0.4 is 10.5 Å². The summed E-state index contributed by atoms with van der Waals surface area (Å²) in [5.74, 6) is 1.22. The van der Waals surface area contributed by atoms with Crippen molar-refractivity contribution in [3.63, 3.8) is 0 Å². The van der Waals surface area contributed by atoms with E-state index in [4.69, 9.17) is 10.5 Å². The molecule has 0 fully saturated rings. The van der Waals surface area contributed by atoms with Crippen LogP contribution in [0.15, 0.2) is 42.5 Å². The van der Waals surface area contributed by atoms with E-state index in [-0.39, 0.29) is 0 Å². The topological polar surface area (TPSA) is 63.9 Å². The first-order chi connectivity index (χ1) is 9.63. The molecule has 102 valence electrons. The first-order valence-corrected chi connectivity index (χ1v) is 6.65. The summed E-state index contributed by atoms with van der Waals surface area (Å²) in [6.07, 6.45) is 0. The number of ether oxygens (including phenoxy) is 1. The minimum Gasteiger partial charge on any atom is -0.425 e. The molecule has 0 spiro atoms. The van der Waals surface area contributed by atoms with Crippen LogP contribution in [-0.4, -0.2) is 9.97 Å². The molecule has 0 unspecified atom stereocenters. The van der Waals surface area contributed by atoms with E-state index in [9.17, 15) is 0 Å². The highest BCUT2D eigenvalue weighted by Crippen LogP contribution is 2.30. The maximum absolute atomic E-state index is 5.89. The smallest absolute Gasteiger partial charge is 0.300 e. The van der Waals surface area contributed by atoms with E-state index in [0.717, 1.165) is 22.3 Å². The number of benzene rings is 2. The third-order valence-corrected chi connectivity index (χ3v) is 3.23. The summed E-state index contributed by atoms with van der Waals surface area (Å²) in [5, 5.41) is 0. The maximum atomic E-state index is 5.89. The molecule has 0 aliphatic heterocycles. The second kappa shape index (κ2) is 4.89. The predicted molar refractivity (Wildman–Crippen MR) is 81.1 cm³/mol. The van der Waals surface area contributed by atoms with Crippen LogP contribution in [0, 0.1) is 0 Å². The predicted octanol–water partition coefficient (Wildman–Crippen LogP) is 4.06. The van der Waals surface area contributed by atoms with Crippen LogP contribution in [0.2, 0.25) is 0 Å². The summed E-state index contributed by atoms with van der Waals surface area (Å²) >= 11 is 0. The van der Waals surface area contributed by atoms with Crippen LogP contribution in [0.3, 0.4) is 0 Å². The number of rotatable bonds is 3. The number of hydrogen-bond donors (Lipinski definition) is 2. The third-order valence-electron chi connectivity index (χ3n) is 3.23. The largest absolute Gasteiger partial charge is 0.425 e. The molecule has 0 aliphatic carbocycles. The molecule has 4 heteroatoms. The van der Waals surface area contributed by atoms with Crippen molar-refractivity contribution >= 4 is 16.7 Å². The number of nitrogens with two attached hydrogens (primary N) is 1. The highest BCUT2D eigenvalue weighted by atomic mass is 16.5. The number of hydrogen-bond acceptors (Lipinski definition) is 3. The molecular formula is C16H17N3O. The molecule has 4 nitrogen and oxygen atoms in total. The second-order valence-corrected chi connectivity index (χ2v) is 5.11. The summed E-state index contributed by atoms with van der Waals surface area (Å²) in [6.45, 7) is 4.28. The number of imidazole rings is 1. The fourth-order valence-electron chi connectivity index (χ4n) is 2.21. The average molecular weight is 267 g/mol. The van der Waals surface area contributed by atoms with Gasteiger partial charge in [0, 0.05) is 5.69 Å². The van der Waals surface area contributed by atoms with E-state index in [2.05, 4.69) is 29.9 Å². The molecule has 1 heterocycles. The van der Waals surface area contributed by atoms with Gasteiger partial charge in [-0.2, -0.15) is 4.98 Å². The molecule has 0 radical (unpaired) electrons. The van der Waals surface area contributed by atoms with Gasteiger partial charge in [0.2, 0.25) is 0 Å². The van der Waals surface area contributed by atoms with Gasteiger partial charge in [0.15, 0.2) is 0 Å². The monoisotopic (exact) mass is 267 g/mol. The fourth-order valence-corrected chi connectivity index (χ4v) is 2.21. The quantitative estimate of drug-likeness (QED) is 0.703. The molecule has 2 aromatic carbocycles. The van der Waals surface area contributed by atoms with Gasteiger partial charge in [-0.15, -0.1) is 0 Å². The lowest BCUT2D eigenvalue weighted by atomic mass is 10.0. The van der Waals surface area contributed by atoms with E-state index < -0.39 is 0 Å². The SMILES string of the molecule is CC(C)c1ccccc1Oc1nc2ccc(N)cc2[nH]1. The van der Waals surface area contributed by atoms with Crippen molar-refractivity contribution in [1.29, 1.82) is 0 Å². The van der Waals surface area contributed by atoms with Crippen LogP contribution in [-0.2, 0) is 0 Å². The Kier molecular flexibility index (Phi) is 3.06. The number of fused-ring (bicyclic) bond motifs is 1. The molecule has 0 saturated carbocycles. The van der Waals surface area contributed by atoms with E-state index in [1.807, 2.05) is 36.4 Å². The highest BCUT2D eigenvalue weighted by Gasteiger charge is 2.10. The van der Waals surface area contributed by atoms with E-state index in [1.165, 1.54) is 0 Å². The van der Waals surface area contributed by atoms with Crippen molar-refractivity contribution in [3.8, 4) is 11.8 Å². The highest BCUT2D eigenvalue weighted by molar-refractivity contribution is 5.79. The number of para-hydroxylation sites is 1. The zero-order valence-corrected chi connectivity index (χ0v) is 11.6. The molecule has 3 aromatic rings. The van der Waals surface area contributed by atoms with Gasteiger partial charge < -0.3 is 15.5 Å². The Hall–Kier alpha value is -2.49. The maximum Gasteiger partial charge on any atom is 0.300 e. The van der Waals surface area contributed by atoms with Gasteiger partial charge in [-0.05, 0) is 35.7 Å². The Morgan fingerprint density at radius 2 is 1.95 bits per heavy atom. The normalized spacial score (nSPS) is 11.2. The summed E-state index contributed by atoms with van der Waals surface area (Å²) in [7, 11) is 0.